The molecule has 0 aliphatic carbocycles. The molecule has 0 bridgehead atoms. The summed E-state index contributed by atoms with van der Waals surface area (Å²) in [6, 6.07) is 6.57. The predicted octanol–water partition coefficient (Wildman–Crippen LogP) is 3.26. The van der Waals surface area contributed by atoms with Gasteiger partial charge in [0.25, 0.3) is 0 Å². The number of esters is 2. The Kier molecular flexibility index (Phi) is 6.28. The summed E-state index contributed by atoms with van der Waals surface area (Å²) in [7, 11) is 1.26. The largest absolute Gasteiger partial charge is 0.465 e. The fourth-order valence-electron chi connectivity index (χ4n) is 4.05. The smallest absolute Gasteiger partial charge is 0.338 e. The van der Waals surface area contributed by atoms with E-state index >= 15 is 0 Å². The minimum Gasteiger partial charge on any atom is -0.465 e. The second-order valence-corrected chi connectivity index (χ2v) is 8.17. The third-order valence-electron chi connectivity index (χ3n) is 5.61. The number of benzene rings is 1. The highest BCUT2D eigenvalue weighted by Gasteiger charge is 2.59. The summed E-state index contributed by atoms with van der Waals surface area (Å²) < 4.78 is 18.0. The first-order valence-corrected chi connectivity index (χ1v) is 10.7. The molecule has 1 N–H and O–H groups in total. The molecule has 12 heteroatoms. The molecule has 0 unspecified atom stereocenters. The van der Waals surface area contributed by atoms with Crippen molar-refractivity contribution in [3.63, 3.8) is 0 Å². The molecule has 0 amide bonds. The number of aliphatic hydroxyl groups is 1. The predicted molar refractivity (Wildman–Crippen MR) is 117 cm³/mol. The lowest BCUT2D eigenvalue weighted by molar-refractivity contribution is -0.164. The zero-order valence-electron chi connectivity index (χ0n) is 17.9. The zero-order chi connectivity index (χ0) is 23.9. The number of hydrogen-bond acceptors (Lipinski definition) is 9. The molecule has 174 valence electrons. The molecule has 2 aromatic heterocycles. The van der Waals surface area contributed by atoms with Crippen LogP contribution in [-0.4, -0.2) is 55.6 Å². The number of nitrogens with zero attached hydrogens (tertiary/aromatic N) is 4. The summed E-state index contributed by atoms with van der Waals surface area (Å²) >= 11 is 12.2. The molecule has 3 heterocycles. The van der Waals surface area contributed by atoms with Crippen LogP contribution < -0.4 is 0 Å². The SMILES string of the molecule is CC[C@@]1(O)[C@@H](c2ccccc2C(=O)OC)O[C@@H](n2ncc3c(Cl)nc(Cl)nc32)[C@@H]1OC(C)=O. The highest BCUT2D eigenvalue weighted by Crippen LogP contribution is 2.50. The van der Waals surface area contributed by atoms with E-state index in [0.717, 1.165) is 0 Å². The van der Waals surface area contributed by atoms with Crippen LogP contribution in [0, 0.1) is 0 Å². The number of carbonyl (C=O) groups excluding carboxylic acids is 2. The summed E-state index contributed by atoms with van der Waals surface area (Å²) in [4.78, 5) is 32.5. The van der Waals surface area contributed by atoms with E-state index in [-0.39, 0.29) is 28.1 Å². The molecular formula is C21H20Cl2N4O6. The minimum absolute atomic E-state index is 0.0802. The van der Waals surface area contributed by atoms with Gasteiger partial charge in [0.1, 0.15) is 16.9 Å². The Morgan fingerprint density at radius 1 is 1.27 bits per heavy atom. The Balaban J connectivity index is 1.90. The Hall–Kier alpha value is -2.79. The van der Waals surface area contributed by atoms with Gasteiger partial charge in [0.2, 0.25) is 5.28 Å². The van der Waals surface area contributed by atoms with E-state index in [2.05, 4.69) is 15.1 Å². The van der Waals surface area contributed by atoms with Crippen LogP contribution in [0.3, 0.4) is 0 Å². The number of aromatic nitrogens is 4. The fraction of sp³-hybridized carbons (Fsp3) is 0.381. The van der Waals surface area contributed by atoms with Gasteiger partial charge in [-0.25, -0.2) is 14.5 Å². The number of carbonyl (C=O) groups is 2. The normalized spacial score (nSPS) is 24.7. The van der Waals surface area contributed by atoms with Crippen molar-refractivity contribution in [1.82, 2.24) is 19.7 Å². The van der Waals surface area contributed by atoms with Crippen LogP contribution >= 0.6 is 23.2 Å². The maximum absolute atomic E-state index is 12.4. The molecule has 1 saturated heterocycles. The molecular weight excluding hydrogens is 475 g/mol. The molecule has 1 aromatic carbocycles. The minimum atomic E-state index is -1.72. The molecule has 1 aliphatic heterocycles. The number of halogens is 2. The summed E-state index contributed by atoms with van der Waals surface area (Å²) in [5.41, 5.74) is -0.921. The highest BCUT2D eigenvalue weighted by atomic mass is 35.5. The lowest BCUT2D eigenvalue weighted by Crippen LogP contribution is -2.46. The summed E-state index contributed by atoms with van der Waals surface area (Å²) in [6.45, 7) is 2.94. The van der Waals surface area contributed by atoms with Gasteiger partial charge in [-0.05, 0) is 29.7 Å². The van der Waals surface area contributed by atoms with Crippen LogP contribution in [0.5, 0.6) is 0 Å². The van der Waals surface area contributed by atoms with E-state index < -0.39 is 36.0 Å². The maximum Gasteiger partial charge on any atom is 0.338 e. The van der Waals surface area contributed by atoms with Crippen molar-refractivity contribution in [2.45, 2.75) is 44.3 Å². The van der Waals surface area contributed by atoms with Gasteiger partial charge in [0, 0.05) is 6.92 Å². The molecule has 4 atom stereocenters. The number of methoxy groups -OCH3 is 1. The third kappa shape index (κ3) is 3.93. The Labute approximate surface area is 198 Å². The van der Waals surface area contributed by atoms with Crippen molar-refractivity contribution in [3.8, 4) is 0 Å². The van der Waals surface area contributed by atoms with Gasteiger partial charge in [-0.1, -0.05) is 36.7 Å². The van der Waals surface area contributed by atoms with Gasteiger partial charge in [-0.2, -0.15) is 10.1 Å². The Morgan fingerprint density at radius 3 is 2.67 bits per heavy atom. The Morgan fingerprint density at radius 2 is 2.00 bits per heavy atom. The third-order valence-corrected chi connectivity index (χ3v) is 6.07. The van der Waals surface area contributed by atoms with Crippen LogP contribution in [0.2, 0.25) is 10.4 Å². The van der Waals surface area contributed by atoms with Gasteiger partial charge >= 0.3 is 11.9 Å². The number of ether oxygens (including phenoxy) is 3. The van der Waals surface area contributed by atoms with Gasteiger partial charge in [0.15, 0.2) is 18.0 Å². The Bertz CT molecular complexity index is 1230. The second-order valence-electron chi connectivity index (χ2n) is 7.47. The lowest BCUT2D eigenvalue weighted by atomic mass is 9.84. The second kappa shape index (κ2) is 8.86. The summed E-state index contributed by atoms with van der Waals surface area (Å²) in [6.07, 6.45) is -1.85. The van der Waals surface area contributed by atoms with Crippen molar-refractivity contribution in [1.29, 1.82) is 0 Å². The first-order chi connectivity index (χ1) is 15.7. The van der Waals surface area contributed by atoms with Crippen LogP contribution in [0.1, 0.15) is 48.5 Å². The lowest BCUT2D eigenvalue weighted by Gasteiger charge is -2.32. The van der Waals surface area contributed by atoms with Gasteiger partial charge in [-0.3, -0.25) is 4.79 Å². The van der Waals surface area contributed by atoms with Crippen molar-refractivity contribution in [2.24, 2.45) is 0 Å². The van der Waals surface area contributed by atoms with Gasteiger partial charge in [0.05, 0.1) is 24.3 Å². The van der Waals surface area contributed by atoms with Crippen LogP contribution in [0.25, 0.3) is 11.0 Å². The number of hydrogen-bond donors (Lipinski definition) is 1. The molecule has 3 aromatic rings. The summed E-state index contributed by atoms with van der Waals surface area (Å²) in [5, 5.41) is 16.4. The van der Waals surface area contributed by atoms with E-state index in [1.165, 1.54) is 24.9 Å². The van der Waals surface area contributed by atoms with Crippen molar-refractivity contribution in [3.05, 3.63) is 52.0 Å². The topological polar surface area (TPSA) is 126 Å². The standard InChI is InChI=1S/C21H20Cl2N4O6/c1-4-21(30)14(11-7-5-6-8-12(11)19(29)31-3)33-18(15(21)32-10(2)28)27-17-13(9-24-27)16(22)25-20(23)26-17/h5-9,14-15,18,30H,4H2,1-3H3/t14-,15+,18-,21-/m1/s1. The molecule has 10 nitrogen and oxygen atoms in total. The molecule has 0 saturated carbocycles. The molecule has 1 fully saturated rings. The number of fused-ring (bicyclic) bond motifs is 1. The monoisotopic (exact) mass is 494 g/mol. The van der Waals surface area contributed by atoms with Crippen molar-refractivity contribution >= 4 is 46.2 Å². The van der Waals surface area contributed by atoms with E-state index in [1.54, 1.807) is 31.2 Å². The summed E-state index contributed by atoms with van der Waals surface area (Å²) in [5.74, 6) is -1.24. The number of rotatable bonds is 5. The van der Waals surface area contributed by atoms with Gasteiger partial charge < -0.3 is 19.3 Å². The van der Waals surface area contributed by atoms with Crippen LogP contribution in [0.4, 0.5) is 0 Å². The maximum atomic E-state index is 12.4. The highest BCUT2D eigenvalue weighted by molar-refractivity contribution is 6.35. The molecule has 4 rings (SSSR count). The zero-order valence-corrected chi connectivity index (χ0v) is 19.4. The van der Waals surface area contributed by atoms with E-state index in [1.807, 2.05) is 0 Å². The van der Waals surface area contributed by atoms with Crippen LogP contribution in [0.15, 0.2) is 30.5 Å². The van der Waals surface area contributed by atoms with E-state index in [9.17, 15) is 14.7 Å². The average Bonchev–Trinajstić information content (AvgIpc) is 3.32. The van der Waals surface area contributed by atoms with Crippen molar-refractivity contribution < 1.29 is 28.9 Å². The quantitative estimate of drug-likeness (QED) is 0.323. The van der Waals surface area contributed by atoms with E-state index in [0.29, 0.717) is 10.9 Å². The van der Waals surface area contributed by atoms with Crippen molar-refractivity contribution in [2.75, 3.05) is 7.11 Å². The van der Waals surface area contributed by atoms with Crippen LogP contribution in [-0.2, 0) is 19.0 Å². The average molecular weight is 495 g/mol. The first-order valence-electron chi connectivity index (χ1n) is 9.99. The van der Waals surface area contributed by atoms with Gasteiger partial charge in [-0.15, -0.1) is 0 Å². The molecule has 33 heavy (non-hydrogen) atoms. The van der Waals surface area contributed by atoms with E-state index in [4.69, 9.17) is 37.4 Å². The molecule has 0 spiro atoms. The molecule has 1 aliphatic rings. The first kappa shape index (κ1) is 23.4. The molecule has 0 radical (unpaired) electrons. The fourth-order valence-corrected chi connectivity index (χ4v) is 4.47.